The summed E-state index contributed by atoms with van der Waals surface area (Å²) in [5.41, 5.74) is 0.711. The molecule has 0 amide bonds. The van der Waals surface area contributed by atoms with Crippen LogP contribution in [0.25, 0.3) is 0 Å². The van der Waals surface area contributed by atoms with Crippen LogP contribution in [0.3, 0.4) is 0 Å². The predicted octanol–water partition coefficient (Wildman–Crippen LogP) is 3.81. The topological polar surface area (TPSA) is 30.2 Å². The molecule has 84 valence electrons. The number of furan rings is 1. The second-order valence-corrected chi connectivity index (χ2v) is 6.03. The maximum Gasteiger partial charge on any atom is 0.203 e. The van der Waals surface area contributed by atoms with Gasteiger partial charge in [-0.15, -0.1) is 0 Å². The molecule has 0 aliphatic heterocycles. The molecule has 0 radical (unpaired) electrons. The van der Waals surface area contributed by atoms with E-state index in [1.807, 2.05) is 26.8 Å². The lowest BCUT2D eigenvalue weighted by atomic mass is 9.86. The van der Waals surface area contributed by atoms with Gasteiger partial charge in [0, 0.05) is 5.41 Å². The van der Waals surface area contributed by atoms with Crippen molar-refractivity contribution in [2.75, 3.05) is 0 Å². The zero-order valence-corrected chi connectivity index (χ0v) is 10.5. The average Bonchev–Trinajstić information content (AvgIpc) is 2.47. The quantitative estimate of drug-likeness (QED) is 0.657. The normalized spacial score (nSPS) is 12.9. The Hall–Kier alpha value is -1.05. The van der Waals surface area contributed by atoms with Crippen LogP contribution in [0.4, 0.5) is 0 Å². The van der Waals surface area contributed by atoms with Gasteiger partial charge >= 0.3 is 0 Å². The van der Waals surface area contributed by atoms with Crippen LogP contribution in [-0.2, 0) is 5.41 Å². The van der Waals surface area contributed by atoms with Crippen molar-refractivity contribution in [3.05, 3.63) is 23.7 Å². The molecule has 0 aromatic carbocycles. The molecule has 0 N–H and O–H groups in total. The first-order valence-corrected chi connectivity index (χ1v) is 5.26. The maximum atomic E-state index is 11.9. The Morgan fingerprint density at radius 2 is 1.67 bits per heavy atom. The fraction of sp³-hybridized carbons (Fsp3) is 0.615. The van der Waals surface area contributed by atoms with Gasteiger partial charge in [0.25, 0.3) is 0 Å². The van der Waals surface area contributed by atoms with E-state index in [2.05, 4.69) is 20.8 Å². The molecule has 0 saturated carbocycles. The molecule has 0 fully saturated rings. The summed E-state index contributed by atoms with van der Waals surface area (Å²) >= 11 is 0. The predicted molar refractivity (Wildman–Crippen MR) is 61.2 cm³/mol. The van der Waals surface area contributed by atoms with Crippen LogP contribution >= 0.6 is 0 Å². The Labute approximate surface area is 91.7 Å². The minimum absolute atomic E-state index is 0.0277. The second kappa shape index (κ2) is 3.51. The van der Waals surface area contributed by atoms with E-state index in [-0.39, 0.29) is 16.6 Å². The molecule has 1 heterocycles. The molecule has 2 heteroatoms. The Bertz CT molecular complexity index is 359. The van der Waals surface area contributed by atoms with Crippen LogP contribution in [0.5, 0.6) is 0 Å². The van der Waals surface area contributed by atoms with Crippen molar-refractivity contribution in [1.82, 2.24) is 0 Å². The molecular formula is C13H20O2. The third-order valence-electron chi connectivity index (χ3n) is 2.37. The fourth-order valence-electron chi connectivity index (χ4n) is 1.22. The molecule has 0 aliphatic carbocycles. The zero-order chi connectivity index (χ0) is 11.9. The minimum Gasteiger partial charge on any atom is -0.461 e. The molecule has 0 saturated heterocycles. The third kappa shape index (κ3) is 2.71. The molecule has 0 bridgehead atoms. The van der Waals surface area contributed by atoms with Crippen molar-refractivity contribution < 1.29 is 9.21 Å². The van der Waals surface area contributed by atoms with E-state index in [1.165, 1.54) is 0 Å². The number of hydrogen-bond acceptors (Lipinski definition) is 2. The van der Waals surface area contributed by atoms with Gasteiger partial charge in [0.15, 0.2) is 5.76 Å². The molecule has 0 atom stereocenters. The Morgan fingerprint density at radius 1 is 1.13 bits per heavy atom. The van der Waals surface area contributed by atoms with E-state index in [9.17, 15) is 4.79 Å². The van der Waals surface area contributed by atoms with Crippen molar-refractivity contribution in [3.63, 3.8) is 0 Å². The SMILES string of the molecule is CC(C)(C)C(=O)c1cc(C(C)(C)C)co1. The van der Waals surface area contributed by atoms with Crippen molar-refractivity contribution in [2.45, 2.75) is 47.0 Å². The summed E-state index contributed by atoms with van der Waals surface area (Å²) in [6.45, 7) is 12.0. The van der Waals surface area contributed by atoms with E-state index in [1.54, 1.807) is 6.26 Å². The van der Waals surface area contributed by atoms with Gasteiger partial charge < -0.3 is 4.42 Å². The summed E-state index contributed by atoms with van der Waals surface area (Å²) in [5.74, 6) is 0.519. The van der Waals surface area contributed by atoms with Gasteiger partial charge in [-0.05, 0) is 17.0 Å². The minimum atomic E-state index is -0.382. The standard InChI is InChI=1S/C13H20O2/c1-12(2,3)9-7-10(15-8-9)11(14)13(4,5)6/h7-8H,1-6H3. The summed E-state index contributed by atoms with van der Waals surface area (Å²) < 4.78 is 5.33. The first-order valence-electron chi connectivity index (χ1n) is 5.26. The maximum absolute atomic E-state index is 11.9. The van der Waals surface area contributed by atoms with Gasteiger partial charge in [0.1, 0.15) is 0 Å². The third-order valence-corrected chi connectivity index (χ3v) is 2.37. The van der Waals surface area contributed by atoms with Gasteiger partial charge in [-0.1, -0.05) is 41.5 Å². The monoisotopic (exact) mass is 208 g/mol. The number of hydrogen-bond donors (Lipinski definition) is 0. The summed E-state index contributed by atoms with van der Waals surface area (Å²) in [6, 6.07) is 1.85. The van der Waals surface area contributed by atoms with E-state index in [0.717, 1.165) is 5.56 Å². The van der Waals surface area contributed by atoms with Crippen molar-refractivity contribution in [2.24, 2.45) is 5.41 Å². The van der Waals surface area contributed by atoms with Gasteiger partial charge in [0.2, 0.25) is 5.78 Å². The van der Waals surface area contributed by atoms with Crippen LogP contribution < -0.4 is 0 Å². The number of Topliss-reactive ketones (excluding diaryl/α,β-unsaturated/α-hetero) is 1. The number of ketones is 1. The molecule has 0 spiro atoms. The van der Waals surface area contributed by atoms with Gasteiger partial charge in [-0.25, -0.2) is 0 Å². The van der Waals surface area contributed by atoms with Crippen molar-refractivity contribution >= 4 is 5.78 Å². The van der Waals surface area contributed by atoms with Crippen LogP contribution in [0.2, 0.25) is 0 Å². The molecule has 2 nitrogen and oxygen atoms in total. The van der Waals surface area contributed by atoms with Crippen LogP contribution in [0, 0.1) is 5.41 Å². The van der Waals surface area contributed by atoms with Crippen molar-refractivity contribution in [1.29, 1.82) is 0 Å². The number of carbonyl (C=O) groups excluding carboxylic acids is 1. The molecule has 1 aromatic heterocycles. The summed E-state index contributed by atoms with van der Waals surface area (Å²) in [4.78, 5) is 11.9. The van der Waals surface area contributed by atoms with E-state index in [4.69, 9.17) is 4.42 Å². The zero-order valence-electron chi connectivity index (χ0n) is 10.5. The highest BCUT2D eigenvalue weighted by Gasteiger charge is 2.27. The van der Waals surface area contributed by atoms with Crippen LogP contribution in [0.15, 0.2) is 16.7 Å². The summed E-state index contributed by atoms with van der Waals surface area (Å²) in [7, 11) is 0. The summed E-state index contributed by atoms with van der Waals surface area (Å²) in [6.07, 6.45) is 1.68. The average molecular weight is 208 g/mol. The highest BCUT2D eigenvalue weighted by atomic mass is 16.3. The first kappa shape index (κ1) is 12.0. The molecule has 1 rings (SSSR count). The number of rotatable bonds is 1. The van der Waals surface area contributed by atoms with Crippen LogP contribution in [-0.4, -0.2) is 5.78 Å². The number of carbonyl (C=O) groups is 1. The molecule has 0 aliphatic rings. The second-order valence-electron chi connectivity index (χ2n) is 6.03. The molecule has 0 unspecified atom stereocenters. The largest absolute Gasteiger partial charge is 0.461 e. The smallest absolute Gasteiger partial charge is 0.203 e. The molecule has 15 heavy (non-hydrogen) atoms. The Kier molecular flexibility index (Phi) is 2.81. The molecule has 1 aromatic rings. The van der Waals surface area contributed by atoms with Crippen LogP contribution in [0.1, 0.15) is 57.7 Å². The van der Waals surface area contributed by atoms with E-state index in [0.29, 0.717) is 5.76 Å². The highest BCUT2D eigenvalue weighted by Crippen LogP contribution is 2.27. The van der Waals surface area contributed by atoms with Crippen molar-refractivity contribution in [3.8, 4) is 0 Å². The first-order chi connectivity index (χ1) is 6.62. The van der Waals surface area contributed by atoms with Gasteiger partial charge in [-0.2, -0.15) is 0 Å². The lowest BCUT2D eigenvalue weighted by Crippen LogP contribution is -2.19. The summed E-state index contributed by atoms with van der Waals surface area (Å²) in [5, 5.41) is 0. The van der Waals surface area contributed by atoms with E-state index < -0.39 is 0 Å². The highest BCUT2D eigenvalue weighted by molar-refractivity contribution is 5.97. The Balaban J connectivity index is 3.01. The van der Waals surface area contributed by atoms with Gasteiger partial charge in [0.05, 0.1) is 6.26 Å². The fourth-order valence-corrected chi connectivity index (χ4v) is 1.22. The van der Waals surface area contributed by atoms with E-state index >= 15 is 0 Å². The molecular weight excluding hydrogens is 188 g/mol. The Morgan fingerprint density at radius 3 is 2.00 bits per heavy atom. The lowest BCUT2D eigenvalue weighted by Gasteiger charge is -2.15. The lowest BCUT2D eigenvalue weighted by molar-refractivity contribution is 0.0828. The van der Waals surface area contributed by atoms with Gasteiger partial charge in [-0.3, -0.25) is 4.79 Å².